The molecule has 20 heavy (non-hydrogen) atoms. The first-order valence-electron chi connectivity index (χ1n) is 6.42. The van der Waals surface area contributed by atoms with Crippen LogP contribution in [0, 0.1) is 0 Å². The highest BCUT2D eigenvalue weighted by Crippen LogP contribution is 2.26. The van der Waals surface area contributed by atoms with Gasteiger partial charge in [0, 0.05) is 11.6 Å². The van der Waals surface area contributed by atoms with Gasteiger partial charge in [-0.15, -0.1) is 0 Å². The largest absolute Gasteiger partial charge is 0.383 e. The van der Waals surface area contributed by atoms with Crippen molar-refractivity contribution in [2.24, 2.45) is 0 Å². The predicted octanol–water partition coefficient (Wildman–Crippen LogP) is 3.13. The molecule has 0 aliphatic carbocycles. The van der Waals surface area contributed by atoms with E-state index in [4.69, 9.17) is 5.73 Å². The number of nitrogen functional groups attached to an aromatic ring is 1. The van der Waals surface area contributed by atoms with E-state index in [1.54, 1.807) is 0 Å². The minimum Gasteiger partial charge on any atom is -0.383 e. The van der Waals surface area contributed by atoms with Gasteiger partial charge < -0.3 is 5.73 Å². The van der Waals surface area contributed by atoms with Gasteiger partial charge in [-0.05, 0) is 24.3 Å². The Hall–Kier alpha value is -2.88. The standard InChI is InChI=1S/C16H12N4/c17-16-15(19-14-7-3-4-10-20(14)16)13-9-8-11-5-1-2-6-12(11)18-13/h1-10H,17H2. The molecule has 4 heteroatoms. The molecule has 3 aromatic heterocycles. The zero-order chi connectivity index (χ0) is 13.5. The van der Waals surface area contributed by atoms with Gasteiger partial charge in [0.15, 0.2) is 0 Å². The lowest BCUT2D eigenvalue weighted by atomic mass is 10.2. The van der Waals surface area contributed by atoms with Crippen molar-refractivity contribution in [3.8, 4) is 11.4 Å². The van der Waals surface area contributed by atoms with Gasteiger partial charge in [-0.2, -0.15) is 0 Å². The monoisotopic (exact) mass is 260 g/mol. The van der Waals surface area contributed by atoms with E-state index >= 15 is 0 Å². The van der Waals surface area contributed by atoms with Gasteiger partial charge in [0.05, 0.1) is 11.2 Å². The van der Waals surface area contributed by atoms with E-state index in [2.05, 4.69) is 9.97 Å². The Balaban J connectivity index is 1.98. The molecule has 0 bridgehead atoms. The van der Waals surface area contributed by atoms with Crippen LogP contribution in [0.1, 0.15) is 0 Å². The van der Waals surface area contributed by atoms with Gasteiger partial charge in [0.1, 0.15) is 17.2 Å². The van der Waals surface area contributed by atoms with Crippen LogP contribution in [0.5, 0.6) is 0 Å². The van der Waals surface area contributed by atoms with Crippen molar-refractivity contribution in [1.29, 1.82) is 0 Å². The van der Waals surface area contributed by atoms with E-state index in [0.29, 0.717) is 5.82 Å². The van der Waals surface area contributed by atoms with Crippen LogP contribution < -0.4 is 5.73 Å². The number of hydrogen-bond acceptors (Lipinski definition) is 3. The predicted molar refractivity (Wildman–Crippen MR) is 80.3 cm³/mol. The molecule has 4 aromatic rings. The molecule has 96 valence electrons. The Morgan fingerprint density at radius 1 is 0.850 bits per heavy atom. The normalized spacial score (nSPS) is 11.2. The molecule has 0 aliphatic heterocycles. The minimum atomic E-state index is 0.614. The molecule has 0 atom stereocenters. The molecule has 0 saturated heterocycles. The van der Waals surface area contributed by atoms with Crippen LogP contribution in [0.25, 0.3) is 27.9 Å². The van der Waals surface area contributed by atoms with Crippen molar-refractivity contribution in [3.05, 3.63) is 60.8 Å². The molecular weight excluding hydrogens is 248 g/mol. The van der Waals surface area contributed by atoms with E-state index in [1.807, 2.05) is 65.2 Å². The lowest BCUT2D eigenvalue weighted by molar-refractivity contribution is 1.20. The second kappa shape index (κ2) is 4.06. The Morgan fingerprint density at radius 2 is 1.70 bits per heavy atom. The first-order valence-corrected chi connectivity index (χ1v) is 6.42. The maximum atomic E-state index is 6.18. The first-order chi connectivity index (χ1) is 9.83. The summed E-state index contributed by atoms with van der Waals surface area (Å²) in [5.74, 6) is 0.614. The summed E-state index contributed by atoms with van der Waals surface area (Å²) in [5.41, 5.74) is 9.47. The first kappa shape index (κ1) is 11.0. The topological polar surface area (TPSA) is 56.2 Å². The highest BCUT2D eigenvalue weighted by atomic mass is 15.1. The summed E-state index contributed by atoms with van der Waals surface area (Å²) in [6, 6.07) is 17.8. The van der Waals surface area contributed by atoms with E-state index in [9.17, 15) is 0 Å². The highest BCUT2D eigenvalue weighted by molar-refractivity contribution is 5.83. The maximum absolute atomic E-state index is 6.18. The van der Waals surface area contributed by atoms with Gasteiger partial charge in [-0.25, -0.2) is 9.97 Å². The van der Waals surface area contributed by atoms with Crippen molar-refractivity contribution < 1.29 is 0 Å². The maximum Gasteiger partial charge on any atom is 0.139 e. The number of anilines is 1. The second-order valence-electron chi connectivity index (χ2n) is 4.66. The fourth-order valence-corrected chi connectivity index (χ4v) is 2.40. The number of benzene rings is 1. The molecule has 0 amide bonds. The number of nitrogens with two attached hydrogens (primary N) is 1. The third kappa shape index (κ3) is 1.55. The Labute approximate surface area is 115 Å². The summed E-state index contributed by atoms with van der Waals surface area (Å²) in [7, 11) is 0. The van der Waals surface area contributed by atoms with Crippen molar-refractivity contribution in [3.63, 3.8) is 0 Å². The second-order valence-corrected chi connectivity index (χ2v) is 4.66. The average Bonchev–Trinajstić information content (AvgIpc) is 2.84. The molecule has 0 unspecified atom stereocenters. The molecule has 4 rings (SSSR count). The molecule has 1 aromatic carbocycles. The van der Waals surface area contributed by atoms with Gasteiger partial charge in [-0.1, -0.05) is 30.3 Å². The third-order valence-corrected chi connectivity index (χ3v) is 3.41. The summed E-state index contributed by atoms with van der Waals surface area (Å²) in [6.45, 7) is 0. The van der Waals surface area contributed by atoms with Crippen LogP contribution in [-0.2, 0) is 0 Å². The molecule has 0 saturated carbocycles. The van der Waals surface area contributed by atoms with Crippen molar-refractivity contribution in [2.45, 2.75) is 0 Å². The van der Waals surface area contributed by atoms with Crippen LogP contribution in [0.4, 0.5) is 5.82 Å². The quantitative estimate of drug-likeness (QED) is 0.572. The lowest BCUT2D eigenvalue weighted by Gasteiger charge is -2.01. The van der Waals surface area contributed by atoms with Gasteiger partial charge in [0.25, 0.3) is 0 Å². The van der Waals surface area contributed by atoms with Crippen molar-refractivity contribution >= 4 is 22.4 Å². The van der Waals surface area contributed by atoms with E-state index < -0.39 is 0 Å². The van der Waals surface area contributed by atoms with Crippen molar-refractivity contribution in [2.75, 3.05) is 5.73 Å². The van der Waals surface area contributed by atoms with E-state index in [0.717, 1.165) is 27.9 Å². The Morgan fingerprint density at radius 3 is 2.60 bits per heavy atom. The zero-order valence-corrected chi connectivity index (χ0v) is 10.7. The van der Waals surface area contributed by atoms with Crippen LogP contribution in [0.15, 0.2) is 60.8 Å². The summed E-state index contributed by atoms with van der Waals surface area (Å²) in [6.07, 6.45) is 1.90. The third-order valence-electron chi connectivity index (χ3n) is 3.41. The summed E-state index contributed by atoms with van der Waals surface area (Å²) in [4.78, 5) is 9.21. The van der Waals surface area contributed by atoms with Crippen LogP contribution in [0.2, 0.25) is 0 Å². The van der Waals surface area contributed by atoms with Gasteiger partial charge in [-0.3, -0.25) is 4.40 Å². The SMILES string of the molecule is Nc1c(-c2ccc3ccccc3n2)nc2ccccn12. The number of fused-ring (bicyclic) bond motifs is 2. The number of para-hydroxylation sites is 1. The van der Waals surface area contributed by atoms with Gasteiger partial charge >= 0.3 is 0 Å². The minimum absolute atomic E-state index is 0.614. The fourth-order valence-electron chi connectivity index (χ4n) is 2.40. The van der Waals surface area contributed by atoms with Crippen LogP contribution >= 0.6 is 0 Å². The average molecular weight is 260 g/mol. The number of rotatable bonds is 1. The Bertz CT molecular complexity index is 924. The summed E-state index contributed by atoms with van der Waals surface area (Å²) in [5, 5.41) is 1.11. The molecule has 0 fully saturated rings. The molecule has 0 spiro atoms. The zero-order valence-electron chi connectivity index (χ0n) is 10.7. The number of hydrogen-bond donors (Lipinski definition) is 1. The van der Waals surface area contributed by atoms with Crippen LogP contribution in [-0.4, -0.2) is 14.4 Å². The molecule has 4 nitrogen and oxygen atoms in total. The molecule has 2 N–H and O–H groups in total. The summed E-state index contributed by atoms with van der Waals surface area (Å²) < 4.78 is 1.87. The number of pyridine rings is 2. The molecular formula is C16H12N4. The fraction of sp³-hybridized carbons (Fsp3) is 0. The number of imidazole rings is 1. The number of aromatic nitrogens is 3. The van der Waals surface area contributed by atoms with E-state index in [-0.39, 0.29) is 0 Å². The van der Waals surface area contributed by atoms with E-state index in [1.165, 1.54) is 0 Å². The molecule has 3 heterocycles. The lowest BCUT2D eigenvalue weighted by Crippen LogP contribution is -1.94. The van der Waals surface area contributed by atoms with Gasteiger partial charge in [0.2, 0.25) is 0 Å². The summed E-state index contributed by atoms with van der Waals surface area (Å²) >= 11 is 0. The molecule has 0 radical (unpaired) electrons. The molecule has 0 aliphatic rings. The van der Waals surface area contributed by atoms with Crippen LogP contribution in [0.3, 0.4) is 0 Å². The number of nitrogens with zero attached hydrogens (tertiary/aromatic N) is 3. The highest BCUT2D eigenvalue weighted by Gasteiger charge is 2.12. The van der Waals surface area contributed by atoms with Crippen molar-refractivity contribution in [1.82, 2.24) is 14.4 Å². The Kier molecular flexibility index (Phi) is 2.23. The smallest absolute Gasteiger partial charge is 0.139 e.